The van der Waals surface area contributed by atoms with E-state index >= 15 is 0 Å². The molecule has 0 amide bonds. The van der Waals surface area contributed by atoms with Gasteiger partial charge in [-0.3, -0.25) is 0 Å². The fourth-order valence-electron chi connectivity index (χ4n) is 0.792. The molecule has 0 aliphatic heterocycles. The molecule has 1 rings (SSSR count). The quantitative estimate of drug-likeness (QED) is 0.761. The maximum absolute atomic E-state index is 11.1. The second-order valence-electron chi connectivity index (χ2n) is 2.95. The molecule has 0 saturated heterocycles. The van der Waals surface area contributed by atoms with E-state index in [1.54, 1.807) is 6.07 Å². The van der Waals surface area contributed by atoms with E-state index in [-0.39, 0.29) is 0 Å². The molecule has 1 aromatic rings. The van der Waals surface area contributed by atoms with Gasteiger partial charge in [-0.15, -0.1) is 11.3 Å². The van der Waals surface area contributed by atoms with Crippen molar-refractivity contribution in [1.82, 2.24) is 0 Å². The first-order valence-corrected chi connectivity index (χ1v) is 6.06. The summed E-state index contributed by atoms with van der Waals surface area (Å²) in [5.74, 6) is 0.400. The third-order valence-electron chi connectivity index (χ3n) is 1.56. The van der Waals surface area contributed by atoms with Crippen LogP contribution in [0.4, 0.5) is 0 Å². The maximum atomic E-state index is 11.1. The van der Waals surface area contributed by atoms with Gasteiger partial charge in [0.05, 0.1) is 0 Å². The van der Waals surface area contributed by atoms with Crippen LogP contribution in [-0.2, 0) is 9.92 Å². The van der Waals surface area contributed by atoms with Crippen molar-refractivity contribution in [3.63, 3.8) is 0 Å². The van der Waals surface area contributed by atoms with Gasteiger partial charge in [0.15, 0.2) is 0 Å². The summed E-state index contributed by atoms with van der Waals surface area (Å²) in [6, 6.07) is 1.75. The van der Waals surface area contributed by atoms with Crippen molar-refractivity contribution >= 4 is 21.3 Å². The molecule has 0 bridgehead atoms. The van der Waals surface area contributed by atoms with E-state index in [1.165, 1.54) is 11.3 Å². The minimum Gasteiger partial charge on any atom is -0.241 e. The first kappa shape index (κ1) is 9.70. The molecule has 1 aromatic heterocycles. The van der Waals surface area contributed by atoms with Gasteiger partial charge in [-0.2, -0.15) is 0 Å². The Labute approximate surface area is 76.7 Å². The third-order valence-corrected chi connectivity index (χ3v) is 4.05. The highest BCUT2D eigenvalue weighted by molar-refractivity contribution is 7.92. The lowest BCUT2D eigenvalue weighted by Gasteiger charge is -1.98. The molecule has 0 aliphatic carbocycles. The van der Waals surface area contributed by atoms with E-state index in [2.05, 4.69) is 0 Å². The second kappa shape index (κ2) is 3.16. The number of hydrogen-bond acceptors (Lipinski definition) is 3. The van der Waals surface area contributed by atoms with E-state index in [9.17, 15) is 4.21 Å². The van der Waals surface area contributed by atoms with Crippen LogP contribution >= 0.6 is 11.3 Å². The minimum atomic E-state index is -3.00. The molecular weight excluding hydrogens is 192 g/mol. The predicted molar refractivity (Wildman–Crippen MR) is 51.7 cm³/mol. The molecule has 68 valence electrons. The zero-order valence-corrected chi connectivity index (χ0v) is 8.67. The molecule has 1 heterocycles. The largest absolute Gasteiger partial charge is 0.241 e. The predicted octanol–water partition coefficient (Wildman–Crippen LogP) is 2.15. The molecule has 5 heteroatoms. The zero-order valence-electron chi connectivity index (χ0n) is 7.03. The van der Waals surface area contributed by atoms with Crippen LogP contribution in [-0.4, -0.2) is 4.21 Å². The van der Waals surface area contributed by atoms with Gasteiger partial charge in [0.2, 0.25) is 0 Å². The number of nitrogens with two attached hydrogens (primary N) is 1. The lowest BCUT2D eigenvalue weighted by Crippen LogP contribution is -2.07. The normalized spacial score (nSPS) is 16.3. The Balaban J connectivity index is 3.09. The van der Waals surface area contributed by atoms with E-state index in [0.29, 0.717) is 10.1 Å². The van der Waals surface area contributed by atoms with Crippen LogP contribution in [0.2, 0.25) is 0 Å². The smallest absolute Gasteiger partial charge is 0.141 e. The van der Waals surface area contributed by atoms with E-state index < -0.39 is 9.92 Å². The SMILES string of the molecule is CC(C)c1csc(S(=N)(N)=O)c1. The standard InChI is InChI=1S/C7H12N2OS2/c1-5(2)6-3-7(11-4-6)12(8,9)10/h3-5H,1-2H3,(H3,8,9,10). The summed E-state index contributed by atoms with van der Waals surface area (Å²) in [7, 11) is -3.00. The highest BCUT2D eigenvalue weighted by atomic mass is 32.2. The molecule has 12 heavy (non-hydrogen) atoms. The first-order chi connectivity index (χ1) is 5.41. The van der Waals surface area contributed by atoms with Crippen molar-refractivity contribution in [2.75, 3.05) is 0 Å². The average molecular weight is 204 g/mol. The van der Waals surface area contributed by atoms with Crippen LogP contribution < -0.4 is 5.14 Å². The number of nitrogens with one attached hydrogen (secondary N) is 1. The molecule has 0 fully saturated rings. The van der Waals surface area contributed by atoms with Crippen LogP contribution in [0.5, 0.6) is 0 Å². The summed E-state index contributed by atoms with van der Waals surface area (Å²) < 4.78 is 18.7. The summed E-state index contributed by atoms with van der Waals surface area (Å²) in [4.78, 5) is 0. The summed E-state index contributed by atoms with van der Waals surface area (Å²) >= 11 is 1.30. The van der Waals surface area contributed by atoms with Crippen molar-refractivity contribution < 1.29 is 4.21 Å². The van der Waals surface area contributed by atoms with Crippen LogP contribution in [0.15, 0.2) is 15.7 Å². The third kappa shape index (κ3) is 2.06. The van der Waals surface area contributed by atoms with Gasteiger partial charge >= 0.3 is 0 Å². The Morgan fingerprint density at radius 1 is 1.67 bits per heavy atom. The molecule has 0 aromatic carbocycles. The lowest BCUT2D eigenvalue weighted by atomic mass is 10.1. The Bertz CT molecular complexity index is 365. The van der Waals surface area contributed by atoms with Crippen molar-refractivity contribution in [3.05, 3.63) is 17.0 Å². The molecular formula is C7H12N2OS2. The molecule has 0 saturated carbocycles. The van der Waals surface area contributed by atoms with Gasteiger partial charge in [-0.25, -0.2) is 14.1 Å². The lowest BCUT2D eigenvalue weighted by molar-refractivity contribution is 0.677. The van der Waals surface area contributed by atoms with Crippen molar-refractivity contribution in [3.8, 4) is 0 Å². The Hall–Kier alpha value is -0.390. The van der Waals surface area contributed by atoms with Gasteiger partial charge < -0.3 is 0 Å². The van der Waals surface area contributed by atoms with Gasteiger partial charge in [-0.1, -0.05) is 13.8 Å². The van der Waals surface area contributed by atoms with E-state index in [4.69, 9.17) is 9.92 Å². The van der Waals surface area contributed by atoms with Crippen molar-refractivity contribution in [1.29, 1.82) is 4.78 Å². The van der Waals surface area contributed by atoms with Crippen LogP contribution in [0.25, 0.3) is 0 Å². The molecule has 3 N–H and O–H groups in total. The number of hydrogen-bond donors (Lipinski definition) is 2. The van der Waals surface area contributed by atoms with Crippen LogP contribution in [0.1, 0.15) is 25.3 Å². The summed E-state index contributed by atoms with van der Waals surface area (Å²) in [6.07, 6.45) is 0. The molecule has 0 radical (unpaired) electrons. The van der Waals surface area contributed by atoms with Crippen LogP contribution in [0.3, 0.4) is 0 Å². The Kier molecular flexibility index (Phi) is 2.55. The topological polar surface area (TPSA) is 66.9 Å². The van der Waals surface area contributed by atoms with Gasteiger partial charge in [-0.05, 0) is 22.9 Å². The molecule has 3 nitrogen and oxygen atoms in total. The Morgan fingerprint density at radius 3 is 2.50 bits per heavy atom. The van der Waals surface area contributed by atoms with Gasteiger partial charge in [0.25, 0.3) is 0 Å². The summed E-state index contributed by atoms with van der Waals surface area (Å²) in [5.41, 5.74) is 1.10. The fourth-order valence-corrected chi connectivity index (χ4v) is 2.62. The molecule has 1 unspecified atom stereocenters. The van der Waals surface area contributed by atoms with Gasteiger partial charge in [0, 0.05) is 0 Å². The molecule has 1 atom stereocenters. The number of rotatable bonds is 2. The maximum Gasteiger partial charge on any atom is 0.141 e. The zero-order chi connectivity index (χ0) is 9.35. The highest BCUT2D eigenvalue weighted by Gasteiger charge is 2.09. The summed E-state index contributed by atoms with van der Waals surface area (Å²) in [5, 5.41) is 7.08. The van der Waals surface area contributed by atoms with E-state index in [1.807, 2.05) is 19.2 Å². The Morgan fingerprint density at radius 2 is 2.25 bits per heavy atom. The molecule has 0 aliphatic rings. The van der Waals surface area contributed by atoms with E-state index in [0.717, 1.165) is 5.56 Å². The first-order valence-electron chi connectivity index (χ1n) is 3.56. The fraction of sp³-hybridized carbons (Fsp3) is 0.429. The number of thiophene rings is 1. The minimum absolute atomic E-state index is 0.400. The van der Waals surface area contributed by atoms with Crippen molar-refractivity contribution in [2.45, 2.75) is 24.0 Å². The summed E-state index contributed by atoms with van der Waals surface area (Å²) in [6.45, 7) is 4.10. The monoisotopic (exact) mass is 204 g/mol. The molecule has 0 spiro atoms. The van der Waals surface area contributed by atoms with Gasteiger partial charge in [0.1, 0.15) is 14.1 Å². The van der Waals surface area contributed by atoms with Crippen molar-refractivity contribution in [2.24, 2.45) is 5.14 Å². The van der Waals surface area contributed by atoms with Crippen LogP contribution in [0, 0.1) is 4.78 Å². The average Bonchev–Trinajstić information content (AvgIpc) is 2.30. The highest BCUT2D eigenvalue weighted by Crippen LogP contribution is 2.24. The second-order valence-corrected chi connectivity index (χ2v) is 5.77.